The predicted molar refractivity (Wildman–Crippen MR) is 59.5 cm³/mol. The van der Waals surface area contributed by atoms with Crippen LogP contribution in [-0.2, 0) is 0 Å². The zero-order chi connectivity index (χ0) is 12.1. The van der Waals surface area contributed by atoms with E-state index in [1.54, 1.807) is 0 Å². The van der Waals surface area contributed by atoms with E-state index in [9.17, 15) is 9.18 Å². The SMILES string of the molecule is O=C(NCC(O)CO)c1cccc(Br)c1F. The molecular weight excluding hydrogens is 281 g/mol. The number of carbonyl (C=O) groups excluding carboxylic acids is 1. The monoisotopic (exact) mass is 291 g/mol. The Hall–Kier alpha value is -0.980. The molecule has 3 N–H and O–H groups in total. The number of hydrogen-bond donors (Lipinski definition) is 3. The summed E-state index contributed by atoms with van der Waals surface area (Å²) in [6, 6.07) is 4.35. The van der Waals surface area contributed by atoms with Crippen molar-refractivity contribution in [1.29, 1.82) is 0 Å². The molecule has 16 heavy (non-hydrogen) atoms. The smallest absolute Gasteiger partial charge is 0.254 e. The molecule has 6 heteroatoms. The summed E-state index contributed by atoms with van der Waals surface area (Å²) in [6.07, 6.45) is -1.04. The van der Waals surface area contributed by atoms with Crippen molar-refractivity contribution >= 4 is 21.8 Å². The minimum absolute atomic E-state index is 0.112. The highest BCUT2D eigenvalue weighted by atomic mass is 79.9. The molecule has 1 amide bonds. The number of carbonyl (C=O) groups is 1. The van der Waals surface area contributed by atoms with Gasteiger partial charge in [-0.05, 0) is 28.1 Å². The van der Waals surface area contributed by atoms with E-state index in [4.69, 9.17) is 10.2 Å². The summed E-state index contributed by atoms with van der Waals surface area (Å²) in [6.45, 7) is -0.581. The standard InChI is InChI=1S/C10H11BrFNO3/c11-8-3-1-2-7(9(8)12)10(16)13-4-6(15)5-14/h1-3,6,14-15H,4-5H2,(H,13,16). The molecular formula is C10H11BrFNO3. The molecule has 1 rings (SSSR count). The lowest BCUT2D eigenvalue weighted by molar-refractivity contribution is 0.0799. The van der Waals surface area contributed by atoms with Crippen molar-refractivity contribution < 1.29 is 19.4 Å². The molecule has 0 aliphatic rings. The lowest BCUT2D eigenvalue weighted by Gasteiger charge is -2.09. The fourth-order valence-electron chi connectivity index (χ4n) is 1.05. The second-order valence-electron chi connectivity index (χ2n) is 3.15. The molecule has 4 nitrogen and oxygen atoms in total. The lowest BCUT2D eigenvalue weighted by atomic mass is 10.2. The summed E-state index contributed by atoms with van der Waals surface area (Å²) in [7, 11) is 0. The summed E-state index contributed by atoms with van der Waals surface area (Å²) in [5.41, 5.74) is -0.112. The quantitative estimate of drug-likeness (QED) is 0.764. The van der Waals surface area contributed by atoms with Gasteiger partial charge in [0.25, 0.3) is 5.91 Å². The molecule has 0 aliphatic heterocycles. The highest BCUT2D eigenvalue weighted by Crippen LogP contribution is 2.18. The van der Waals surface area contributed by atoms with Gasteiger partial charge in [0, 0.05) is 6.54 Å². The van der Waals surface area contributed by atoms with Crippen molar-refractivity contribution in [3.8, 4) is 0 Å². The molecule has 1 aromatic rings. The molecule has 0 heterocycles. The number of amides is 1. The fraction of sp³-hybridized carbons (Fsp3) is 0.300. The number of nitrogens with one attached hydrogen (secondary N) is 1. The largest absolute Gasteiger partial charge is 0.394 e. The van der Waals surface area contributed by atoms with Crippen molar-refractivity contribution in [1.82, 2.24) is 5.32 Å². The van der Waals surface area contributed by atoms with Gasteiger partial charge in [-0.2, -0.15) is 0 Å². The van der Waals surface area contributed by atoms with Gasteiger partial charge in [0.15, 0.2) is 0 Å². The average molecular weight is 292 g/mol. The summed E-state index contributed by atoms with van der Waals surface area (Å²) >= 11 is 2.96. The van der Waals surface area contributed by atoms with Gasteiger partial charge in [-0.25, -0.2) is 4.39 Å². The van der Waals surface area contributed by atoms with Gasteiger partial charge >= 0.3 is 0 Å². The highest BCUT2D eigenvalue weighted by Gasteiger charge is 2.14. The highest BCUT2D eigenvalue weighted by molar-refractivity contribution is 9.10. The van der Waals surface area contributed by atoms with Crippen molar-refractivity contribution in [3.05, 3.63) is 34.1 Å². The Balaban J connectivity index is 2.70. The van der Waals surface area contributed by atoms with E-state index in [1.165, 1.54) is 18.2 Å². The summed E-state index contributed by atoms with van der Waals surface area (Å²) in [4.78, 5) is 11.5. The Morgan fingerprint density at radius 1 is 1.56 bits per heavy atom. The Morgan fingerprint density at radius 3 is 2.88 bits per heavy atom. The molecule has 0 fully saturated rings. The third kappa shape index (κ3) is 3.26. The van der Waals surface area contributed by atoms with Crippen LogP contribution < -0.4 is 5.32 Å². The van der Waals surface area contributed by atoms with Crippen LogP contribution in [-0.4, -0.2) is 35.4 Å². The van der Waals surface area contributed by atoms with Crippen LogP contribution in [0.5, 0.6) is 0 Å². The van der Waals surface area contributed by atoms with Gasteiger partial charge in [0.1, 0.15) is 5.82 Å². The van der Waals surface area contributed by atoms with Gasteiger partial charge in [-0.15, -0.1) is 0 Å². The first-order valence-electron chi connectivity index (χ1n) is 4.57. The van der Waals surface area contributed by atoms with Crippen LogP contribution in [0, 0.1) is 5.82 Å². The van der Waals surface area contributed by atoms with Crippen LogP contribution in [0.4, 0.5) is 4.39 Å². The lowest BCUT2D eigenvalue weighted by Crippen LogP contribution is -2.34. The minimum atomic E-state index is -1.04. The van der Waals surface area contributed by atoms with Crippen LogP contribution in [0.25, 0.3) is 0 Å². The van der Waals surface area contributed by atoms with E-state index in [1.807, 2.05) is 0 Å². The maximum Gasteiger partial charge on any atom is 0.254 e. The van der Waals surface area contributed by atoms with Crippen LogP contribution >= 0.6 is 15.9 Å². The number of halogens is 2. The van der Waals surface area contributed by atoms with Crippen molar-refractivity contribution in [2.45, 2.75) is 6.10 Å². The van der Waals surface area contributed by atoms with Crippen molar-refractivity contribution in [2.24, 2.45) is 0 Å². The molecule has 1 aromatic carbocycles. The number of hydrogen-bond acceptors (Lipinski definition) is 3. The molecule has 0 spiro atoms. The second-order valence-corrected chi connectivity index (χ2v) is 4.00. The maximum absolute atomic E-state index is 13.4. The Morgan fingerprint density at radius 2 is 2.25 bits per heavy atom. The van der Waals surface area contributed by atoms with Crippen molar-refractivity contribution in [3.63, 3.8) is 0 Å². The normalized spacial score (nSPS) is 12.2. The molecule has 88 valence electrons. The molecule has 0 aliphatic carbocycles. The third-order valence-corrected chi connectivity index (χ3v) is 2.52. The molecule has 1 atom stereocenters. The number of aliphatic hydroxyl groups excluding tert-OH is 2. The van der Waals surface area contributed by atoms with E-state index >= 15 is 0 Å². The first kappa shape index (κ1) is 13.1. The first-order chi connectivity index (χ1) is 7.56. The van der Waals surface area contributed by atoms with Gasteiger partial charge in [0.05, 0.1) is 22.7 Å². The predicted octanol–water partition coefficient (Wildman–Crippen LogP) is 0.671. The average Bonchev–Trinajstić information content (AvgIpc) is 2.29. The first-order valence-corrected chi connectivity index (χ1v) is 5.36. The van der Waals surface area contributed by atoms with E-state index in [0.717, 1.165) is 0 Å². The topological polar surface area (TPSA) is 69.6 Å². The maximum atomic E-state index is 13.4. The van der Waals surface area contributed by atoms with Gasteiger partial charge in [0.2, 0.25) is 0 Å². The molecule has 0 saturated carbocycles. The minimum Gasteiger partial charge on any atom is -0.394 e. The summed E-state index contributed by atoms with van der Waals surface area (Å²) in [5, 5.41) is 19.9. The van der Waals surface area contributed by atoms with E-state index < -0.39 is 24.4 Å². The number of rotatable bonds is 4. The molecule has 0 radical (unpaired) electrons. The second kappa shape index (κ2) is 5.93. The Labute approximate surface area is 100 Å². The van der Waals surface area contributed by atoms with Gasteiger partial charge in [-0.3, -0.25) is 4.79 Å². The molecule has 0 aromatic heterocycles. The van der Waals surface area contributed by atoms with Crippen LogP contribution in [0.3, 0.4) is 0 Å². The van der Waals surface area contributed by atoms with Crippen LogP contribution in [0.2, 0.25) is 0 Å². The zero-order valence-electron chi connectivity index (χ0n) is 8.28. The molecule has 0 bridgehead atoms. The van der Waals surface area contributed by atoms with Crippen LogP contribution in [0.15, 0.2) is 22.7 Å². The van der Waals surface area contributed by atoms with E-state index in [-0.39, 0.29) is 16.6 Å². The zero-order valence-corrected chi connectivity index (χ0v) is 9.87. The number of benzene rings is 1. The van der Waals surface area contributed by atoms with E-state index in [2.05, 4.69) is 21.2 Å². The van der Waals surface area contributed by atoms with Crippen LogP contribution in [0.1, 0.15) is 10.4 Å². The molecule has 1 unspecified atom stereocenters. The summed E-state index contributed by atoms with van der Waals surface area (Å²) in [5.74, 6) is -1.29. The number of aliphatic hydroxyl groups is 2. The Kier molecular flexibility index (Phi) is 4.85. The summed E-state index contributed by atoms with van der Waals surface area (Å²) < 4.78 is 13.6. The molecule has 0 saturated heterocycles. The Bertz CT molecular complexity index is 386. The van der Waals surface area contributed by atoms with Crippen molar-refractivity contribution in [2.75, 3.05) is 13.2 Å². The van der Waals surface area contributed by atoms with Gasteiger partial charge in [-0.1, -0.05) is 6.07 Å². The third-order valence-electron chi connectivity index (χ3n) is 1.91. The van der Waals surface area contributed by atoms with E-state index in [0.29, 0.717) is 0 Å². The fourth-order valence-corrected chi connectivity index (χ4v) is 1.42. The van der Waals surface area contributed by atoms with Gasteiger partial charge < -0.3 is 15.5 Å².